The molecule has 19 heavy (non-hydrogen) atoms. The fourth-order valence-electron chi connectivity index (χ4n) is 2.50. The summed E-state index contributed by atoms with van der Waals surface area (Å²) < 4.78 is 0. The van der Waals surface area contributed by atoms with Crippen LogP contribution in [0.5, 0.6) is 0 Å². The van der Waals surface area contributed by atoms with Crippen molar-refractivity contribution in [1.82, 2.24) is 9.80 Å². The van der Waals surface area contributed by atoms with Gasteiger partial charge < -0.3 is 14.9 Å². The van der Waals surface area contributed by atoms with Crippen LogP contribution >= 0.6 is 0 Å². The minimum atomic E-state index is -0.759. The monoisotopic (exact) mass is 268 g/mol. The van der Waals surface area contributed by atoms with Crippen molar-refractivity contribution < 1.29 is 14.7 Å². The molecule has 1 heterocycles. The highest BCUT2D eigenvalue weighted by atomic mass is 16.4. The predicted molar refractivity (Wildman–Crippen MR) is 74.0 cm³/mol. The van der Waals surface area contributed by atoms with Crippen LogP contribution in [0, 0.1) is 5.92 Å². The normalized spacial score (nSPS) is 19.0. The zero-order valence-corrected chi connectivity index (χ0v) is 11.7. The van der Waals surface area contributed by atoms with Crippen molar-refractivity contribution in [3.63, 3.8) is 0 Å². The van der Waals surface area contributed by atoms with E-state index in [9.17, 15) is 9.59 Å². The van der Waals surface area contributed by atoms with Gasteiger partial charge in [-0.15, -0.1) is 6.58 Å². The maximum atomic E-state index is 12.3. The average molecular weight is 268 g/mol. The SMILES string of the molecule is C=CCN(CC)C(=O)N1CCCC(CCC(=O)O)C1. The maximum Gasteiger partial charge on any atom is 0.320 e. The van der Waals surface area contributed by atoms with Crippen LogP contribution in [-0.4, -0.2) is 53.1 Å². The zero-order valence-electron chi connectivity index (χ0n) is 11.7. The van der Waals surface area contributed by atoms with E-state index < -0.39 is 5.97 Å². The molecule has 5 nitrogen and oxygen atoms in total. The second-order valence-corrected chi connectivity index (χ2v) is 5.00. The molecular formula is C14H24N2O3. The number of carbonyl (C=O) groups is 2. The number of nitrogens with zero attached hydrogens (tertiary/aromatic N) is 2. The Morgan fingerprint density at radius 1 is 1.53 bits per heavy atom. The number of hydrogen-bond acceptors (Lipinski definition) is 2. The summed E-state index contributed by atoms with van der Waals surface area (Å²) in [5, 5.41) is 8.72. The maximum absolute atomic E-state index is 12.3. The lowest BCUT2D eigenvalue weighted by molar-refractivity contribution is -0.137. The molecule has 1 unspecified atom stereocenters. The number of urea groups is 1. The zero-order chi connectivity index (χ0) is 14.3. The minimum absolute atomic E-state index is 0.0439. The van der Waals surface area contributed by atoms with Gasteiger partial charge in [0.05, 0.1) is 0 Å². The molecule has 0 spiro atoms. The number of carboxylic acid groups (broad SMARTS) is 1. The first-order chi connectivity index (χ1) is 9.08. The molecule has 0 aliphatic carbocycles. The molecule has 1 rings (SSSR count). The molecule has 1 fully saturated rings. The third-order valence-corrected chi connectivity index (χ3v) is 3.56. The number of amides is 2. The Hall–Kier alpha value is -1.52. The number of likely N-dealkylation sites (tertiary alicyclic amines) is 1. The van der Waals surface area contributed by atoms with E-state index in [1.54, 1.807) is 11.0 Å². The highest BCUT2D eigenvalue weighted by Gasteiger charge is 2.26. The molecule has 0 aromatic heterocycles. The van der Waals surface area contributed by atoms with Crippen LogP contribution in [-0.2, 0) is 4.79 Å². The second kappa shape index (κ2) is 7.81. The van der Waals surface area contributed by atoms with Gasteiger partial charge in [0.15, 0.2) is 0 Å². The summed E-state index contributed by atoms with van der Waals surface area (Å²) in [5.41, 5.74) is 0. The highest BCUT2D eigenvalue weighted by Crippen LogP contribution is 2.21. The van der Waals surface area contributed by atoms with E-state index >= 15 is 0 Å². The van der Waals surface area contributed by atoms with Gasteiger partial charge in [-0.3, -0.25) is 4.79 Å². The van der Waals surface area contributed by atoms with Crippen LogP contribution in [0.15, 0.2) is 12.7 Å². The largest absolute Gasteiger partial charge is 0.481 e. The molecule has 1 aliphatic rings. The van der Waals surface area contributed by atoms with Crippen LogP contribution in [0.1, 0.15) is 32.6 Å². The summed E-state index contributed by atoms with van der Waals surface area (Å²) in [6.45, 7) is 8.30. The van der Waals surface area contributed by atoms with Crippen molar-refractivity contribution in [2.24, 2.45) is 5.92 Å². The van der Waals surface area contributed by atoms with Gasteiger partial charge in [0.25, 0.3) is 0 Å². The van der Waals surface area contributed by atoms with Crippen molar-refractivity contribution in [3.05, 3.63) is 12.7 Å². The number of carbonyl (C=O) groups excluding carboxylic acids is 1. The lowest BCUT2D eigenvalue weighted by Gasteiger charge is -2.35. The molecule has 0 aromatic carbocycles. The Labute approximate surface area is 114 Å². The van der Waals surface area contributed by atoms with Crippen molar-refractivity contribution in [3.8, 4) is 0 Å². The second-order valence-electron chi connectivity index (χ2n) is 5.00. The Bertz CT molecular complexity index is 331. The number of carboxylic acids is 1. The summed E-state index contributed by atoms with van der Waals surface area (Å²) in [4.78, 5) is 26.5. The molecule has 1 atom stereocenters. The fourth-order valence-corrected chi connectivity index (χ4v) is 2.50. The van der Waals surface area contributed by atoms with Crippen molar-refractivity contribution >= 4 is 12.0 Å². The van der Waals surface area contributed by atoms with Gasteiger partial charge in [-0.05, 0) is 32.1 Å². The molecule has 1 saturated heterocycles. The third-order valence-electron chi connectivity index (χ3n) is 3.56. The summed E-state index contributed by atoms with van der Waals surface area (Å²) in [6, 6.07) is 0.0439. The average Bonchev–Trinajstić information content (AvgIpc) is 2.42. The van der Waals surface area contributed by atoms with Crippen LogP contribution in [0.3, 0.4) is 0 Å². The molecule has 0 aromatic rings. The summed E-state index contributed by atoms with van der Waals surface area (Å²) in [6.07, 6.45) is 4.56. The van der Waals surface area contributed by atoms with E-state index in [0.29, 0.717) is 32.0 Å². The van der Waals surface area contributed by atoms with Crippen molar-refractivity contribution in [2.45, 2.75) is 32.6 Å². The lowest BCUT2D eigenvalue weighted by Crippen LogP contribution is -2.47. The van der Waals surface area contributed by atoms with Gasteiger partial charge in [0.1, 0.15) is 0 Å². The molecular weight excluding hydrogens is 244 g/mol. The van der Waals surface area contributed by atoms with Crippen molar-refractivity contribution in [1.29, 1.82) is 0 Å². The summed E-state index contributed by atoms with van der Waals surface area (Å²) >= 11 is 0. The standard InChI is InChI=1S/C14H24N2O3/c1-3-9-15(4-2)14(19)16-10-5-6-12(11-16)7-8-13(17)18/h3,12H,1,4-11H2,2H3,(H,17,18). The van der Waals surface area contributed by atoms with Gasteiger partial charge in [-0.25, -0.2) is 4.79 Å². The first-order valence-corrected chi connectivity index (χ1v) is 6.95. The molecule has 1 aliphatic heterocycles. The van der Waals surface area contributed by atoms with Gasteiger partial charge >= 0.3 is 12.0 Å². The number of hydrogen-bond donors (Lipinski definition) is 1. The quantitative estimate of drug-likeness (QED) is 0.751. The van der Waals surface area contributed by atoms with Gasteiger partial charge in [-0.2, -0.15) is 0 Å². The Morgan fingerprint density at radius 2 is 2.26 bits per heavy atom. The van der Waals surface area contributed by atoms with Gasteiger partial charge in [-0.1, -0.05) is 6.08 Å². The first-order valence-electron chi connectivity index (χ1n) is 6.95. The van der Waals surface area contributed by atoms with E-state index in [-0.39, 0.29) is 12.5 Å². The molecule has 5 heteroatoms. The number of aliphatic carboxylic acids is 1. The molecule has 0 bridgehead atoms. The van der Waals surface area contributed by atoms with E-state index in [2.05, 4.69) is 6.58 Å². The van der Waals surface area contributed by atoms with E-state index in [1.807, 2.05) is 11.8 Å². The highest BCUT2D eigenvalue weighted by molar-refractivity contribution is 5.74. The fraction of sp³-hybridized carbons (Fsp3) is 0.714. The van der Waals surface area contributed by atoms with Gasteiger partial charge in [0.2, 0.25) is 0 Å². The minimum Gasteiger partial charge on any atom is -0.481 e. The lowest BCUT2D eigenvalue weighted by atomic mass is 9.93. The number of piperidine rings is 1. The Kier molecular flexibility index (Phi) is 6.39. The number of rotatable bonds is 6. The van der Waals surface area contributed by atoms with Crippen molar-refractivity contribution in [2.75, 3.05) is 26.2 Å². The summed E-state index contributed by atoms with van der Waals surface area (Å²) in [7, 11) is 0. The van der Waals surface area contributed by atoms with Crippen LogP contribution < -0.4 is 0 Å². The van der Waals surface area contributed by atoms with Gasteiger partial charge in [0, 0.05) is 32.6 Å². The number of likely N-dealkylation sites (N-methyl/N-ethyl adjacent to an activating group) is 1. The van der Waals surface area contributed by atoms with E-state index in [4.69, 9.17) is 5.11 Å². The Morgan fingerprint density at radius 3 is 2.84 bits per heavy atom. The molecule has 0 radical (unpaired) electrons. The molecule has 108 valence electrons. The predicted octanol–water partition coefficient (Wildman–Crippen LogP) is 2.19. The van der Waals surface area contributed by atoms with E-state index in [0.717, 1.165) is 19.4 Å². The molecule has 1 N–H and O–H groups in total. The van der Waals surface area contributed by atoms with Crippen LogP contribution in [0.2, 0.25) is 0 Å². The van der Waals surface area contributed by atoms with Crippen LogP contribution in [0.4, 0.5) is 4.79 Å². The third kappa shape index (κ3) is 4.93. The first kappa shape index (κ1) is 15.5. The molecule has 2 amide bonds. The van der Waals surface area contributed by atoms with Crippen LogP contribution in [0.25, 0.3) is 0 Å². The topological polar surface area (TPSA) is 60.9 Å². The Balaban J connectivity index is 2.50. The van der Waals surface area contributed by atoms with E-state index in [1.165, 1.54) is 0 Å². The molecule has 0 saturated carbocycles. The summed E-state index contributed by atoms with van der Waals surface area (Å²) in [5.74, 6) is -0.443. The smallest absolute Gasteiger partial charge is 0.320 e.